The van der Waals surface area contributed by atoms with Gasteiger partial charge < -0.3 is 15.4 Å². The number of hydrogen-bond acceptors (Lipinski definition) is 5. The number of nitrogens with zero attached hydrogens (tertiary/aromatic N) is 2. The molecule has 1 atom stereocenters. The van der Waals surface area contributed by atoms with E-state index in [2.05, 4.69) is 34.4 Å². The van der Waals surface area contributed by atoms with Crippen molar-refractivity contribution in [3.63, 3.8) is 0 Å². The highest BCUT2D eigenvalue weighted by Crippen LogP contribution is 2.25. The minimum absolute atomic E-state index is 0.0951. The Labute approximate surface area is 160 Å². The van der Waals surface area contributed by atoms with E-state index in [1.165, 1.54) is 0 Å². The molecule has 0 aliphatic carbocycles. The van der Waals surface area contributed by atoms with Crippen LogP contribution in [0.5, 0.6) is 0 Å². The molecular formula is C21H28N4O2. The zero-order valence-electron chi connectivity index (χ0n) is 16.1. The quantitative estimate of drug-likeness (QED) is 0.734. The number of hydrogen-bond donors (Lipinski definition) is 2. The summed E-state index contributed by atoms with van der Waals surface area (Å²) in [5.41, 5.74) is 1.51. The van der Waals surface area contributed by atoms with E-state index in [1.54, 1.807) is 12.4 Å². The van der Waals surface area contributed by atoms with Gasteiger partial charge in [-0.15, -0.1) is 0 Å². The van der Waals surface area contributed by atoms with Gasteiger partial charge in [-0.2, -0.15) is 0 Å². The molecule has 1 fully saturated rings. The predicted molar refractivity (Wildman–Crippen MR) is 106 cm³/mol. The summed E-state index contributed by atoms with van der Waals surface area (Å²) >= 11 is 0. The highest BCUT2D eigenvalue weighted by Gasteiger charge is 2.28. The van der Waals surface area contributed by atoms with E-state index in [0.29, 0.717) is 18.2 Å². The monoisotopic (exact) mass is 368 g/mol. The van der Waals surface area contributed by atoms with Crippen LogP contribution in [0.1, 0.15) is 49.2 Å². The maximum absolute atomic E-state index is 12.2. The molecule has 0 radical (unpaired) electrons. The number of aryl methyl sites for hydroxylation is 1. The molecule has 0 spiro atoms. The van der Waals surface area contributed by atoms with Crippen LogP contribution in [0.3, 0.4) is 0 Å². The van der Waals surface area contributed by atoms with Crippen molar-refractivity contribution in [2.75, 3.05) is 18.5 Å². The number of aromatic nitrogens is 2. The second-order valence-electron chi connectivity index (χ2n) is 7.55. The van der Waals surface area contributed by atoms with Crippen molar-refractivity contribution >= 4 is 11.7 Å². The van der Waals surface area contributed by atoms with Crippen LogP contribution in [-0.2, 0) is 11.2 Å². The Bertz CT molecular complexity index is 732. The summed E-state index contributed by atoms with van der Waals surface area (Å²) in [6, 6.07) is 9.90. The fourth-order valence-electron chi connectivity index (χ4n) is 3.30. The van der Waals surface area contributed by atoms with Gasteiger partial charge in [0.1, 0.15) is 5.82 Å². The first kappa shape index (κ1) is 19.3. The largest absolute Gasteiger partial charge is 0.375 e. The fourth-order valence-corrected chi connectivity index (χ4v) is 3.30. The van der Waals surface area contributed by atoms with Gasteiger partial charge in [0.25, 0.3) is 5.91 Å². The van der Waals surface area contributed by atoms with E-state index in [0.717, 1.165) is 43.8 Å². The molecule has 0 aromatic carbocycles. The van der Waals surface area contributed by atoms with Gasteiger partial charge >= 0.3 is 0 Å². The van der Waals surface area contributed by atoms with E-state index in [-0.39, 0.29) is 11.5 Å². The van der Waals surface area contributed by atoms with Crippen LogP contribution < -0.4 is 10.6 Å². The molecular weight excluding hydrogens is 340 g/mol. The summed E-state index contributed by atoms with van der Waals surface area (Å²) in [5.74, 6) is 0.701. The van der Waals surface area contributed by atoms with Gasteiger partial charge in [0.2, 0.25) is 0 Å². The van der Waals surface area contributed by atoms with E-state index in [9.17, 15) is 4.79 Å². The van der Waals surface area contributed by atoms with Crippen LogP contribution in [0, 0.1) is 0 Å². The third-order valence-corrected chi connectivity index (χ3v) is 4.70. The minimum Gasteiger partial charge on any atom is -0.375 e. The number of pyridine rings is 2. The molecule has 3 rings (SSSR count). The van der Waals surface area contributed by atoms with E-state index in [1.807, 2.05) is 30.3 Å². The maximum Gasteiger partial charge on any atom is 0.252 e. The van der Waals surface area contributed by atoms with Gasteiger partial charge in [-0.1, -0.05) is 6.07 Å². The molecule has 0 unspecified atom stereocenters. The molecule has 1 amide bonds. The lowest BCUT2D eigenvalue weighted by molar-refractivity contribution is -0.0553. The van der Waals surface area contributed by atoms with Crippen LogP contribution in [0.15, 0.2) is 42.7 Å². The van der Waals surface area contributed by atoms with Crippen LogP contribution in [0.2, 0.25) is 0 Å². The standard InChI is InChI=1S/C21H28N4O2/c1-21(2)14-18(10-13-27-21)25-19-9-8-16(15-24-19)20(26)23-12-5-7-17-6-3-4-11-22-17/h3-4,6,8-9,11,15,18H,5,7,10,12-14H2,1-2H3,(H,23,26)(H,24,25)/t18-/m1/s1. The summed E-state index contributed by atoms with van der Waals surface area (Å²) in [7, 11) is 0. The molecule has 1 saturated heterocycles. The number of ether oxygens (including phenoxy) is 1. The summed E-state index contributed by atoms with van der Waals surface area (Å²) < 4.78 is 5.74. The van der Waals surface area contributed by atoms with Gasteiger partial charge in [0.05, 0.1) is 11.2 Å². The van der Waals surface area contributed by atoms with E-state index < -0.39 is 0 Å². The Kier molecular flexibility index (Phi) is 6.40. The average Bonchev–Trinajstić information content (AvgIpc) is 2.66. The van der Waals surface area contributed by atoms with Crippen molar-refractivity contribution in [3.05, 3.63) is 54.0 Å². The lowest BCUT2D eigenvalue weighted by Crippen LogP contribution is -2.40. The average molecular weight is 368 g/mol. The van der Waals surface area contributed by atoms with Gasteiger partial charge in [0.15, 0.2) is 0 Å². The van der Waals surface area contributed by atoms with Crippen molar-refractivity contribution in [1.82, 2.24) is 15.3 Å². The molecule has 2 N–H and O–H groups in total. The molecule has 0 saturated carbocycles. The summed E-state index contributed by atoms with van der Waals surface area (Å²) in [6.45, 7) is 5.58. The van der Waals surface area contributed by atoms with Crippen LogP contribution >= 0.6 is 0 Å². The molecule has 2 aromatic heterocycles. The lowest BCUT2D eigenvalue weighted by Gasteiger charge is -2.36. The number of carbonyl (C=O) groups is 1. The number of rotatable bonds is 7. The summed E-state index contributed by atoms with van der Waals surface area (Å²) in [6.07, 6.45) is 7.02. The second-order valence-corrected chi connectivity index (χ2v) is 7.55. The molecule has 144 valence electrons. The SMILES string of the molecule is CC1(C)C[C@H](Nc2ccc(C(=O)NCCCc3ccccn3)cn2)CCO1. The number of nitrogens with one attached hydrogen (secondary N) is 2. The van der Waals surface area contributed by atoms with Crippen molar-refractivity contribution in [3.8, 4) is 0 Å². The van der Waals surface area contributed by atoms with E-state index in [4.69, 9.17) is 4.74 Å². The van der Waals surface area contributed by atoms with Gasteiger partial charge in [0, 0.05) is 37.3 Å². The Morgan fingerprint density at radius 2 is 2.15 bits per heavy atom. The Hall–Kier alpha value is -2.47. The lowest BCUT2D eigenvalue weighted by atomic mass is 9.94. The Balaban J connectivity index is 1.43. The number of amides is 1. The van der Waals surface area contributed by atoms with Crippen molar-refractivity contribution in [2.24, 2.45) is 0 Å². The normalized spacial score (nSPS) is 18.7. The van der Waals surface area contributed by atoms with Crippen LogP contribution in [-0.4, -0.2) is 40.7 Å². The summed E-state index contributed by atoms with van der Waals surface area (Å²) in [5, 5.41) is 6.38. The molecule has 27 heavy (non-hydrogen) atoms. The molecule has 6 heteroatoms. The molecule has 6 nitrogen and oxygen atoms in total. The first-order valence-corrected chi connectivity index (χ1v) is 9.56. The van der Waals surface area contributed by atoms with Gasteiger partial charge in [-0.25, -0.2) is 4.98 Å². The topological polar surface area (TPSA) is 76.1 Å². The second kappa shape index (κ2) is 8.95. The smallest absolute Gasteiger partial charge is 0.252 e. The fraction of sp³-hybridized carbons (Fsp3) is 0.476. The van der Waals surface area contributed by atoms with Crippen molar-refractivity contribution < 1.29 is 9.53 Å². The molecule has 0 bridgehead atoms. The first-order valence-electron chi connectivity index (χ1n) is 9.56. The highest BCUT2D eigenvalue weighted by molar-refractivity contribution is 5.94. The minimum atomic E-state index is -0.106. The molecule has 1 aliphatic rings. The Morgan fingerprint density at radius 1 is 1.26 bits per heavy atom. The molecule has 2 aromatic rings. The van der Waals surface area contributed by atoms with Gasteiger partial charge in [-0.3, -0.25) is 9.78 Å². The van der Waals surface area contributed by atoms with Crippen molar-refractivity contribution in [2.45, 2.75) is 51.2 Å². The zero-order valence-corrected chi connectivity index (χ0v) is 16.1. The predicted octanol–water partition coefficient (Wildman–Crippen LogP) is 3.21. The zero-order chi connectivity index (χ0) is 19.1. The van der Waals surface area contributed by atoms with Crippen molar-refractivity contribution in [1.29, 1.82) is 0 Å². The number of anilines is 1. The maximum atomic E-state index is 12.2. The Morgan fingerprint density at radius 3 is 2.85 bits per heavy atom. The summed E-state index contributed by atoms with van der Waals surface area (Å²) in [4.78, 5) is 20.9. The van der Waals surface area contributed by atoms with Gasteiger partial charge in [-0.05, 0) is 63.8 Å². The first-order chi connectivity index (χ1) is 13.0. The van der Waals surface area contributed by atoms with E-state index >= 15 is 0 Å². The van der Waals surface area contributed by atoms with Crippen LogP contribution in [0.4, 0.5) is 5.82 Å². The molecule has 3 heterocycles. The highest BCUT2D eigenvalue weighted by atomic mass is 16.5. The number of carbonyl (C=O) groups excluding carboxylic acids is 1. The third kappa shape index (κ3) is 6.03. The van der Waals surface area contributed by atoms with Crippen LogP contribution in [0.25, 0.3) is 0 Å². The third-order valence-electron chi connectivity index (χ3n) is 4.70. The molecule has 1 aliphatic heterocycles.